The van der Waals surface area contributed by atoms with Crippen LogP contribution >= 0.6 is 0 Å². The summed E-state index contributed by atoms with van der Waals surface area (Å²) in [5.74, 6) is 3.45. The normalized spacial score (nSPS) is 12.0. The third-order valence-corrected chi connectivity index (χ3v) is 3.12. The molecule has 0 saturated carbocycles. The van der Waals surface area contributed by atoms with Crippen molar-refractivity contribution in [1.82, 2.24) is 0 Å². The molecule has 0 radical (unpaired) electrons. The van der Waals surface area contributed by atoms with Crippen LogP contribution in [0.5, 0.6) is 11.5 Å². The average molecular weight is 289 g/mol. The number of ether oxygens (including phenoxy) is 2. The van der Waals surface area contributed by atoms with Crippen molar-refractivity contribution in [2.45, 2.75) is 33.7 Å². The van der Waals surface area contributed by atoms with Gasteiger partial charge in [0.25, 0.3) is 0 Å². The predicted octanol–water partition coefficient (Wildman–Crippen LogP) is 4.56. The number of aryl methyl sites for hydroxylation is 1. The van der Waals surface area contributed by atoms with Crippen molar-refractivity contribution in [3.05, 3.63) is 41.9 Å². The molecule has 1 N–H and O–H groups in total. The number of benzene rings is 1. The molecule has 0 amide bonds. The summed E-state index contributed by atoms with van der Waals surface area (Å²) < 4.78 is 16.9. The Bertz CT molecular complexity index is 577. The Balaban J connectivity index is 2.21. The SMILES string of the molecule is CCOc1ccc(OCC)c(NC(C)c2ccc(C)o2)c1. The van der Waals surface area contributed by atoms with Crippen molar-refractivity contribution in [2.24, 2.45) is 0 Å². The number of rotatable bonds is 7. The maximum atomic E-state index is 5.66. The van der Waals surface area contributed by atoms with Gasteiger partial charge in [0.15, 0.2) is 0 Å². The van der Waals surface area contributed by atoms with E-state index in [2.05, 4.69) is 12.2 Å². The van der Waals surface area contributed by atoms with Crippen molar-refractivity contribution in [3.8, 4) is 11.5 Å². The summed E-state index contributed by atoms with van der Waals surface area (Å²) in [4.78, 5) is 0. The van der Waals surface area contributed by atoms with Crippen LogP contribution in [0.2, 0.25) is 0 Å². The number of anilines is 1. The van der Waals surface area contributed by atoms with Crippen LogP contribution in [-0.2, 0) is 0 Å². The van der Waals surface area contributed by atoms with E-state index in [0.717, 1.165) is 28.7 Å². The van der Waals surface area contributed by atoms with Crippen molar-refractivity contribution < 1.29 is 13.9 Å². The first-order valence-electron chi connectivity index (χ1n) is 7.36. The van der Waals surface area contributed by atoms with Gasteiger partial charge in [-0.1, -0.05) is 0 Å². The van der Waals surface area contributed by atoms with E-state index in [1.165, 1.54) is 0 Å². The van der Waals surface area contributed by atoms with Gasteiger partial charge in [-0.15, -0.1) is 0 Å². The van der Waals surface area contributed by atoms with Crippen LogP contribution in [0, 0.1) is 6.92 Å². The van der Waals surface area contributed by atoms with Crippen LogP contribution in [0.3, 0.4) is 0 Å². The Morgan fingerprint density at radius 3 is 2.48 bits per heavy atom. The Labute approximate surface area is 126 Å². The van der Waals surface area contributed by atoms with Gasteiger partial charge in [-0.2, -0.15) is 0 Å². The molecule has 0 saturated heterocycles. The zero-order valence-electron chi connectivity index (χ0n) is 13.1. The molecule has 4 heteroatoms. The first-order valence-corrected chi connectivity index (χ1v) is 7.36. The fourth-order valence-corrected chi connectivity index (χ4v) is 2.15. The van der Waals surface area contributed by atoms with Crippen molar-refractivity contribution in [3.63, 3.8) is 0 Å². The molecule has 1 aromatic heterocycles. The molecule has 0 aliphatic heterocycles. The lowest BCUT2D eigenvalue weighted by Crippen LogP contribution is -2.08. The van der Waals surface area contributed by atoms with Crippen molar-refractivity contribution in [2.75, 3.05) is 18.5 Å². The highest BCUT2D eigenvalue weighted by Gasteiger charge is 2.13. The summed E-state index contributed by atoms with van der Waals surface area (Å²) in [6.07, 6.45) is 0. The maximum Gasteiger partial charge on any atom is 0.142 e. The van der Waals surface area contributed by atoms with E-state index in [4.69, 9.17) is 13.9 Å². The van der Waals surface area contributed by atoms with Gasteiger partial charge in [-0.25, -0.2) is 0 Å². The summed E-state index contributed by atoms with van der Waals surface area (Å²) in [7, 11) is 0. The van der Waals surface area contributed by atoms with Crippen LogP contribution in [-0.4, -0.2) is 13.2 Å². The third kappa shape index (κ3) is 3.94. The highest BCUT2D eigenvalue weighted by Crippen LogP contribution is 2.32. The molecule has 1 unspecified atom stereocenters. The molecule has 1 atom stereocenters. The van der Waals surface area contributed by atoms with E-state index in [1.807, 2.05) is 51.1 Å². The average Bonchev–Trinajstić information content (AvgIpc) is 2.89. The lowest BCUT2D eigenvalue weighted by Gasteiger charge is -2.17. The second kappa shape index (κ2) is 7.07. The number of nitrogens with one attached hydrogen (secondary N) is 1. The van der Waals surface area contributed by atoms with Gasteiger partial charge in [0.05, 0.1) is 24.9 Å². The quantitative estimate of drug-likeness (QED) is 0.811. The van der Waals surface area contributed by atoms with Gasteiger partial charge in [-0.3, -0.25) is 0 Å². The van der Waals surface area contributed by atoms with Crippen LogP contribution in [0.25, 0.3) is 0 Å². The number of furan rings is 1. The third-order valence-electron chi connectivity index (χ3n) is 3.12. The molecule has 0 aliphatic rings. The molecule has 114 valence electrons. The molecule has 2 aromatic rings. The predicted molar refractivity (Wildman–Crippen MR) is 84.3 cm³/mol. The Morgan fingerprint density at radius 1 is 1.10 bits per heavy atom. The van der Waals surface area contributed by atoms with Gasteiger partial charge in [0, 0.05) is 6.07 Å². The first kappa shape index (κ1) is 15.3. The topological polar surface area (TPSA) is 43.6 Å². The highest BCUT2D eigenvalue weighted by atomic mass is 16.5. The van der Waals surface area contributed by atoms with E-state index in [1.54, 1.807) is 0 Å². The minimum Gasteiger partial charge on any atom is -0.494 e. The summed E-state index contributed by atoms with van der Waals surface area (Å²) in [6, 6.07) is 9.81. The van der Waals surface area contributed by atoms with Gasteiger partial charge in [0.1, 0.15) is 23.0 Å². The van der Waals surface area contributed by atoms with Crippen LogP contribution < -0.4 is 14.8 Å². The van der Waals surface area contributed by atoms with Crippen LogP contribution in [0.15, 0.2) is 34.7 Å². The zero-order valence-corrected chi connectivity index (χ0v) is 13.1. The largest absolute Gasteiger partial charge is 0.494 e. The molecular formula is C17H23NO3. The summed E-state index contributed by atoms with van der Waals surface area (Å²) in [5.41, 5.74) is 0.907. The lowest BCUT2D eigenvalue weighted by molar-refractivity contribution is 0.331. The molecule has 4 nitrogen and oxygen atoms in total. The Hall–Kier alpha value is -2.10. The van der Waals surface area contributed by atoms with Crippen LogP contribution in [0.1, 0.15) is 38.3 Å². The summed E-state index contributed by atoms with van der Waals surface area (Å²) >= 11 is 0. The standard InChI is InChI=1S/C17H23NO3/c1-5-19-14-8-10-17(20-6-2)15(11-14)18-13(4)16-9-7-12(3)21-16/h7-11,13,18H,5-6H2,1-4H3. The molecule has 0 aliphatic carbocycles. The molecular weight excluding hydrogens is 266 g/mol. The Kier molecular flexibility index (Phi) is 5.14. The highest BCUT2D eigenvalue weighted by molar-refractivity contribution is 5.60. The second-order valence-electron chi connectivity index (χ2n) is 4.84. The van der Waals surface area contributed by atoms with E-state index in [0.29, 0.717) is 13.2 Å². The molecule has 0 spiro atoms. The van der Waals surface area contributed by atoms with E-state index in [9.17, 15) is 0 Å². The molecule has 2 rings (SSSR count). The van der Waals surface area contributed by atoms with E-state index in [-0.39, 0.29) is 6.04 Å². The minimum absolute atomic E-state index is 0.0507. The fourth-order valence-electron chi connectivity index (χ4n) is 2.15. The minimum atomic E-state index is 0.0507. The molecule has 1 heterocycles. The zero-order chi connectivity index (χ0) is 15.2. The summed E-state index contributed by atoms with van der Waals surface area (Å²) in [6.45, 7) is 9.20. The van der Waals surface area contributed by atoms with Gasteiger partial charge in [0.2, 0.25) is 0 Å². The first-order chi connectivity index (χ1) is 10.1. The van der Waals surface area contributed by atoms with E-state index < -0.39 is 0 Å². The number of hydrogen-bond acceptors (Lipinski definition) is 4. The van der Waals surface area contributed by atoms with Gasteiger partial charge in [-0.05, 0) is 52.0 Å². The van der Waals surface area contributed by atoms with Crippen molar-refractivity contribution >= 4 is 5.69 Å². The van der Waals surface area contributed by atoms with Gasteiger partial charge >= 0.3 is 0 Å². The monoisotopic (exact) mass is 289 g/mol. The molecule has 1 aromatic carbocycles. The van der Waals surface area contributed by atoms with Gasteiger partial charge < -0.3 is 19.2 Å². The van der Waals surface area contributed by atoms with Crippen molar-refractivity contribution in [1.29, 1.82) is 0 Å². The number of hydrogen-bond donors (Lipinski definition) is 1. The fraction of sp³-hybridized carbons (Fsp3) is 0.412. The Morgan fingerprint density at radius 2 is 1.86 bits per heavy atom. The van der Waals surface area contributed by atoms with E-state index >= 15 is 0 Å². The maximum absolute atomic E-state index is 5.66. The second-order valence-corrected chi connectivity index (χ2v) is 4.84. The molecule has 21 heavy (non-hydrogen) atoms. The van der Waals surface area contributed by atoms with Crippen LogP contribution in [0.4, 0.5) is 5.69 Å². The summed E-state index contributed by atoms with van der Waals surface area (Å²) in [5, 5.41) is 3.42. The lowest BCUT2D eigenvalue weighted by atomic mass is 10.2. The smallest absolute Gasteiger partial charge is 0.142 e. The molecule has 0 fully saturated rings. The molecule has 0 bridgehead atoms.